The highest BCUT2D eigenvalue weighted by molar-refractivity contribution is 7.86. The normalized spacial score (nSPS) is 32.5. The van der Waals surface area contributed by atoms with Crippen LogP contribution in [-0.2, 0) is 14.3 Å². The van der Waals surface area contributed by atoms with Crippen LogP contribution in [0.1, 0.15) is 19.3 Å². The molecule has 5 heteroatoms. The lowest BCUT2D eigenvalue weighted by Crippen LogP contribution is -2.25. The minimum absolute atomic E-state index is 0.509. The Balaban J connectivity index is 2.50. The molecule has 1 N–H and O–H groups in total. The van der Waals surface area contributed by atoms with Crippen LogP contribution in [0, 0.1) is 0 Å². The molecule has 0 aromatic heterocycles. The maximum absolute atomic E-state index is 10.6. The second-order valence-corrected chi connectivity index (χ2v) is 4.44. The zero-order valence-electron chi connectivity index (χ0n) is 6.36. The first-order chi connectivity index (χ1) is 4.99. The van der Waals surface area contributed by atoms with Crippen molar-refractivity contribution in [2.24, 2.45) is 0 Å². The third kappa shape index (κ3) is 2.76. The third-order valence-electron chi connectivity index (χ3n) is 1.72. The first-order valence-corrected chi connectivity index (χ1v) is 5.37. The molecule has 0 aromatic carbocycles. The fourth-order valence-corrected chi connectivity index (χ4v) is 1.92. The number of aliphatic hydroxyl groups excluding tert-OH is 1. The van der Waals surface area contributed by atoms with Gasteiger partial charge >= 0.3 is 0 Å². The van der Waals surface area contributed by atoms with Crippen molar-refractivity contribution in [2.75, 3.05) is 6.26 Å². The van der Waals surface area contributed by atoms with Crippen LogP contribution >= 0.6 is 0 Å². The summed E-state index contributed by atoms with van der Waals surface area (Å²) in [6.45, 7) is 0. The van der Waals surface area contributed by atoms with Gasteiger partial charge in [-0.05, 0) is 19.3 Å². The van der Waals surface area contributed by atoms with Crippen LogP contribution in [0.3, 0.4) is 0 Å². The molecule has 0 aliphatic heterocycles. The Morgan fingerprint density at radius 2 is 2.09 bits per heavy atom. The molecule has 1 fully saturated rings. The summed E-state index contributed by atoms with van der Waals surface area (Å²) in [5.41, 5.74) is 0. The summed E-state index contributed by atoms with van der Waals surface area (Å²) in [6, 6.07) is 0. The van der Waals surface area contributed by atoms with Gasteiger partial charge in [0.05, 0.1) is 12.4 Å². The smallest absolute Gasteiger partial charge is 0.264 e. The van der Waals surface area contributed by atoms with Crippen molar-refractivity contribution in [1.82, 2.24) is 0 Å². The minimum atomic E-state index is -3.40. The van der Waals surface area contributed by atoms with Crippen LogP contribution in [0.2, 0.25) is 0 Å². The van der Waals surface area contributed by atoms with Crippen molar-refractivity contribution in [3.05, 3.63) is 0 Å². The van der Waals surface area contributed by atoms with E-state index in [4.69, 9.17) is 5.11 Å². The molecule has 0 saturated heterocycles. The molecule has 1 saturated carbocycles. The summed E-state index contributed by atoms with van der Waals surface area (Å²) >= 11 is 0. The maximum atomic E-state index is 10.6. The highest BCUT2D eigenvalue weighted by atomic mass is 32.2. The van der Waals surface area contributed by atoms with Crippen molar-refractivity contribution >= 4 is 10.1 Å². The van der Waals surface area contributed by atoms with Crippen molar-refractivity contribution in [1.29, 1.82) is 0 Å². The summed E-state index contributed by atoms with van der Waals surface area (Å²) in [6.07, 6.45) is 1.99. The zero-order valence-corrected chi connectivity index (χ0v) is 7.17. The Morgan fingerprint density at radius 1 is 1.45 bits per heavy atom. The van der Waals surface area contributed by atoms with E-state index in [1.807, 2.05) is 0 Å². The molecule has 66 valence electrons. The number of rotatable bonds is 2. The topological polar surface area (TPSA) is 63.6 Å². The molecule has 0 bridgehead atoms. The van der Waals surface area contributed by atoms with Crippen LogP contribution in [-0.4, -0.2) is 32.0 Å². The van der Waals surface area contributed by atoms with Crippen LogP contribution < -0.4 is 0 Å². The van der Waals surface area contributed by atoms with Crippen LogP contribution in [0.4, 0.5) is 0 Å². The lowest BCUT2D eigenvalue weighted by atomic mass is 10.3. The Hall–Kier alpha value is -0.130. The van der Waals surface area contributed by atoms with E-state index >= 15 is 0 Å². The third-order valence-corrected chi connectivity index (χ3v) is 2.31. The van der Waals surface area contributed by atoms with E-state index in [2.05, 4.69) is 4.18 Å². The molecule has 0 heterocycles. The van der Waals surface area contributed by atoms with Gasteiger partial charge in [-0.3, -0.25) is 4.18 Å². The standard InChI is InChI=1S/C6H12O4S/c1-11(8,9)10-6-4-2-3-5(6)7/h5-7H,2-4H2,1H3. The van der Waals surface area contributed by atoms with E-state index < -0.39 is 22.3 Å². The zero-order chi connectivity index (χ0) is 8.48. The molecule has 11 heavy (non-hydrogen) atoms. The van der Waals surface area contributed by atoms with Gasteiger partial charge in [0, 0.05) is 0 Å². The average molecular weight is 180 g/mol. The van der Waals surface area contributed by atoms with Crippen LogP contribution in [0.5, 0.6) is 0 Å². The fraction of sp³-hybridized carbons (Fsp3) is 1.00. The second-order valence-electron chi connectivity index (χ2n) is 2.84. The van der Waals surface area contributed by atoms with E-state index in [0.29, 0.717) is 12.8 Å². The van der Waals surface area contributed by atoms with E-state index in [1.54, 1.807) is 0 Å². The predicted molar refractivity (Wildman–Crippen MR) is 39.6 cm³/mol. The lowest BCUT2D eigenvalue weighted by molar-refractivity contribution is 0.0652. The summed E-state index contributed by atoms with van der Waals surface area (Å²) in [7, 11) is -3.40. The molecule has 0 aromatic rings. The Morgan fingerprint density at radius 3 is 2.45 bits per heavy atom. The highest BCUT2D eigenvalue weighted by Gasteiger charge is 2.28. The molecule has 0 spiro atoms. The van der Waals surface area contributed by atoms with Gasteiger partial charge in [-0.25, -0.2) is 0 Å². The van der Waals surface area contributed by atoms with E-state index in [1.165, 1.54) is 0 Å². The predicted octanol–water partition coefficient (Wildman–Crippen LogP) is -0.124. The molecule has 1 aliphatic carbocycles. The number of hydrogen-bond acceptors (Lipinski definition) is 4. The maximum Gasteiger partial charge on any atom is 0.264 e. The van der Waals surface area contributed by atoms with Gasteiger partial charge in [0.15, 0.2) is 0 Å². The monoisotopic (exact) mass is 180 g/mol. The van der Waals surface area contributed by atoms with Crippen molar-refractivity contribution in [3.8, 4) is 0 Å². The molecular weight excluding hydrogens is 168 g/mol. The van der Waals surface area contributed by atoms with Gasteiger partial charge in [-0.1, -0.05) is 0 Å². The fourth-order valence-electron chi connectivity index (χ4n) is 1.24. The van der Waals surface area contributed by atoms with Crippen molar-refractivity contribution in [3.63, 3.8) is 0 Å². The van der Waals surface area contributed by atoms with Crippen molar-refractivity contribution < 1.29 is 17.7 Å². The first kappa shape index (κ1) is 8.96. The Kier molecular flexibility index (Phi) is 2.51. The first-order valence-electron chi connectivity index (χ1n) is 3.55. The quantitative estimate of drug-likeness (QED) is 0.601. The van der Waals surface area contributed by atoms with E-state index in [9.17, 15) is 8.42 Å². The highest BCUT2D eigenvalue weighted by Crippen LogP contribution is 2.22. The largest absolute Gasteiger partial charge is 0.390 e. The molecule has 0 amide bonds. The average Bonchev–Trinajstić information content (AvgIpc) is 2.12. The molecule has 2 atom stereocenters. The minimum Gasteiger partial charge on any atom is -0.390 e. The Bertz CT molecular complexity index is 221. The van der Waals surface area contributed by atoms with Gasteiger partial charge in [0.2, 0.25) is 0 Å². The lowest BCUT2D eigenvalue weighted by Gasteiger charge is -2.12. The molecular formula is C6H12O4S. The van der Waals surface area contributed by atoms with E-state index in [-0.39, 0.29) is 0 Å². The summed E-state index contributed by atoms with van der Waals surface area (Å²) < 4.78 is 25.8. The van der Waals surface area contributed by atoms with Gasteiger partial charge in [0.1, 0.15) is 6.10 Å². The van der Waals surface area contributed by atoms with Gasteiger partial charge in [0.25, 0.3) is 10.1 Å². The number of aliphatic hydroxyl groups is 1. The SMILES string of the molecule is CS(=O)(=O)OC1CCCC1O. The van der Waals surface area contributed by atoms with Crippen LogP contribution in [0.25, 0.3) is 0 Å². The molecule has 2 unspecified atom stereocenters. The second kappa shape index (κ2) is 3.08. The molecule has 0 radical (unpaired) electrons. The van der Waals surface area contributed by atoms with Crippen LogP contribution in [0.15, 0.2) is 0 Å². The molecule has 4 nitrogen and oxygen atoms in total. The van der Waals surface area contributed by atoms with E-state index in [0.717, 1.165) is 12.7 Å². The van der Waals surface area contributed by atoms with Gasteiger partial charge < -0.3 is 5.11 Å². The Labute approximate surface area is 66.3 Å². The summed E-state index contributed by atoms with van der Waals surface area (Å²) in [4.78, 5) is 0. The van der Waals surface area contributed by atoms with Crippen molar-refractivity contribution in [2.45, 2.75) is 31.5 Å². The van der Waals surface area contributed by atoms with Gasteiger partial charge in [-0.15, -0.1) is 0 Å². The van der Waals surface area contributed by atoms with Gasteiger partial charge in [-0.2, -0.15) is 8.42 Å². The molecule has 1 aliphatic rings. The molecule has 1 rings (SSSR count). The number of hydrogen-bond donors (Lipinski definition) is 1. The summed E-state index contributed by atoms with van der Waals surface area (Å²) in [5.74, 6) is 0. The summed E-state index contributed by atoms with van der Waals surface area (Å²) in [5, 5.41) is 9.16.